The fourth-order valence-corrected chi connectivity index (χ4v) is 2.67. The third-order valence-electron chi connectivity index (χ3n) is 3.88. The van der Waals surface area contributed by atoms with Crippen molar-refractivity contribution in [1.29, 1.82) is 0 Å². The Morgan fingerprint density at radius 2 is 2.20 bits per heavy atom. The molecule has 1 aliphatic rings. The maximum Gasteiger partial charge on any atom is 0.261 e. The Morgan fingerprint density at radius 3 is 2.88 bits per heavy atom. The van der Waals surface area contributed by atoms with E-state index in [0.29, 0.717) is 18.7 Å². The van der Waals surface area contributed by atoms with Gasteiger partial charge in [0, 0.05) is 17.7 Å². The first-order chi connectivity index (χ1) is 12.0. The summed E-state index contributed by atoms with van der Waals surface area (Å²) in [6.07, 6.45) is 0. The largest absolute Gasteiger partial charge is 0.507 e. The molecule has 7 heteroatoms. The fraction of sp³-hybridized carbons (Fsp3) is 0.167. The van der Waals surface area contributed by atoms with Crippen LogP contribution in [0.2, 0.25) is 0 Å². The van der Waals surface area contributed by atoms with Gasteiger partial charge in [0.2, 0.25) is 0 Å². The van der Waals surface area contributed by atoms with E-state index in [2.05, 4.69) is 20.5 Å². The Balaban J connectivity index is 2.19. The number of hydrogen-bond acceptors (Lipinski definition) is 4. The summed E-state index contributed by atoms with van der Waals surface area (Å²) >= 11 is 0. The summed E-state index contributed by atoms with van der Waals surface area (Å²) in [7, 11) is 0. The Kier molecular flexibility index (Phi) is 4.35. The van der Waals surface area contributed by atoms with Gasteiger partial charge in [-0.25, -0.2) is 9.24 Å². The van der Waals surface area contributed by atoms with E-state index in [1.807, 2.05) is 0 Å². The second-order valence-electron chi connectivity index (χ2n) is 5.51. The lowest BCUT2D eigenvalue weighted by molar-refractivity contribution is 0.0974. The molecule has 0 spiro atoms. The van der Waals surface area contributed by atoms with E-state index in [1.54, 1.807) is 19.1 Å². The number of aliphatic imine (C=N–C) groups is 1. The first-order valence-electron chi connectivity index (χ1n) is 7.61. The molecule has 0 bridgehead atoms. The molecule has 1 aliphatic heterocycles. The lowest BCUT2D eigenvalue weighted by Crippen LogP contribution is -2.38. The molecule has 25 heavy (non-hydrogen) atoms. The van der Waals surface area contributed by atoms with Crippen LogP contribution in [0.25, 0.3) is 16.0 Å². The van der Waals surface area contributed by atoms with Crippen LogP contribution in [0.5, 0.6) is 5.75 Å². The number of nitrogens with one attached hydrogen (secondary N) is 2. The van der Waals surface area contributed by atoms with Crippen LogP contribution in [0, 0.1) is 19.3 Å². The van der Waals surface area contributed by atoms with Gasteiger partial charge in [0.05, 0.1) is 18.7 Å². The number of guanidine groups is 1. The fourth-order valence-electron chi connectivity index (χ4n) is 2.67. The van der Waals surface area contributed by atoms with E-state index >= 15 is 0 Å². The number of nitrogens with zero attached hydrogens (tertiary/aromatic N) is 2. The molecule has 126 valence electrons. The summed E-state index contributed by atoms with van der Waals surface area (Å²) in [6, 6.07) is 7.32. The molecule has 6 nitrogen and oxygen atoms in total. The van der Waals surface area contributed by atoms with Gasteiger partial charge in [-0.1, -0.05) is 24.3 Å². The number of benzene rings is 2. The molecule has 2 aromatic carbocycles. The molecule has 0 saturated carbocycles. The number of halogens is 1. The minimum Gasteiger partial charge on any atom is -0.507 e. The first-order valence-corrected chi connectivity index (χ1v) is 7.61. The number of carbonyl (C=O) groups is 1. The van der Waals surface area contributed by atoms with Crippen molar-refractivity contribution < 1.29 is 14.3 Å². The van der Waals surface area contributed by atoms with Crippen LogP contribution in [0.1, 0.15) is 15.9 Å². The van der Waals surface area contributed by atoms with Crippen molar-refractivity contribution in [2.24, 2.45) is 4.99 Å². The number of phenols is 1. The highest BCUT2D eigenvalue weighted by molar-refractivity contribution is 6.12. The second-order valence-corrected chi connectivity index (χ2v) is 5.51. The predicted octanol–water partition coefficient (Wildman–Crippen LogP) is 2.75. The van der Waals surface area contributed by atoms with E-state index in [9.17, 15) is 14.3 Å². The lowest BCUT2D eigenvalue weighted by atomic mass is 9.94. The van der Waals surface area contributed by atoms with Crippen molar-refractivity contribution in [1.82, 2.24) is 10.6 Å². The van der Waals surface area contributed by atoms with Gasteiger partial charge in [0.1, 0.15) is 11.6 Å². The summed E-state index contributed by atoms with van der Waals surface area (Å²) in [5.41, 5.74) is 0.453. The molecular weight excluding hydrogens is 323 g/mol. The van der Waals surface area contributed by atoms with Crippen molar-refractivity contribution in [3.63, 3.8) is 0 Å². The summed E-state index contributed by atoms with van der Waals surface area (Å²) < 4.78 is 14.6. The highest BCUT2D eigenvalue weighted by Crippen LogP contribution is 2.40. The molecule has 0 unspecified atom stereocenters. The maximum atomic E-state index is 14.6. The zero-order valence-corrected chi connectivity index (χ0v) is 13.4. The number of amides is 1. The smallest absolute Gasteiger partial charge is 0.261 e. The Bertz CT molecular complexity index is 931. The lowest BCUT2D eigenvalue weighted by Gasteiger charge is -2.15. The number of rotatable bonds is 2. The van der Waals surface area contributed by atoms with Crippen LogP contribution < -0.4 is 10.6 Å². The van der Waals surface area contributed by atoms with E-state index in [1.165, 1.54) is 18.2 Å². The maximum absolute atomic E-state index is 14.6. The van der Waals surface area contributed by atoms with Crippen LogP contribution >= 0.6 is 0 Å². The molecular formula is C18H15FN4O2. The summed E-state index contributed by atoms with van der Waals surface area (Å²) in [5.74, 6) is -1.25. The first kappa shape index (κ1) is 16.5. The van der Waals surface area contributed by atoms with E-state index in [-0.39, 0.29) is 34.1 Å². The normalized spacial score (nSPS) is 12.9. The van der Waals surface area contributed by atoms with E-state index < -0.39 is 11.7 Å². The second kappa shape index (κ2) is 6.61. The van der Waals surface area contributed by atoms with Crippen molar-refractivity contribution >= 4 is 17.6 Å². The van der Waals surface area contributed by atoms with E-state index in [4.69, 9.17) is 6.57 Å². The zero-order chi connectivity index (χ0) is 18.0. The van der Waals surface area contributed by atoms with Crippen LogP contribution in [-0.4, -0.2) is 30.1 Å². The van der Waals surface area contributed by atoms with Gasteiger partial charge in [-0.05, 0) is 18.6 Å². The highest BCUT2D eigenvalue weighted by Gasteiger charge is 2.24. The number of phenolic OH excluding ortho intramolecular Hbond substituents is 1. The molecule has 0 saturated heterocycles. The summed E-state index contributed by atoms with van der Waals surface area (Å²) in [4.78, 5) is 20.1. The third kappa shape index (κ3) is 3.02. The number of aromatic hydroxyl groups is 1. The Morgan fingerprint density at radius 1 is 1.40 bits per heavy atom. The predicted molar refractivity (Wildman–Crippen MR) is 92.3 cm³/mol. The van der Waals surface area contributed by atoms with Crippen molar-refractivity contribution in [3.05, 3.63) is 58.7 Å². The SMILES string of the molecule is [C-]#[N+]c1ccc(O)c(C(=O)NC2=NCCN2)c1-c1cccc(C)c1F. The van der Waals surface area contributed by atoms with Crippen LogP contribution in [-0.2, 0) is 0 Å². The van der Waals surface area contributed by atoms with Crippen LogP contribution in [0.3, 0.4) is 0 Å². The van der Waals surface area contributed by atoms with Crippen LogP contribution in [0.4, 0.5) is 10.1 Å². The average molecular weight is 338 g/mol. The van der Waals surface area contributed by atoms with Gasteiger partial charge in [-0.15, -0.1) is 0 Å². The molecule has 0 fully saturated rings. The summed E-state index contributed by atoms with van der Waals surface area (Å²) in [5, 5.41) is 15.7. The molecule has 0 radical (unpaired) electrons. The van der Waals surface area contributed by atoms with Gasteiger partial charge >= 0.3 is 0 Å². The monoisotopic (exact) mass is 338 g/mol. The van der Waals surface area contributed by atoms with Crippen molar-refractivity contribution in [2.45, 2.75) is 6.92 Å². The standard InChI is InChI=1S/C18H15FN4O2/c1-10-4-3-5-11(16(10)19)14-12(20-2)6-7-13(24)15(14)17(25)23-18-21-8-9-22-18/h3-7,24H,8-9H2,1H3,(H2,21,22,23,25). The molecule has 3 N–H and O–H groups in total. The molecule has 1 amide bonds. The average Bonchev–Trinajstić information content (AvgIpc) is 3.10. The van der Waals surface area contributed by atoms with Gasteiger partial charge in [-0.3, -0.25) is 15.1 Å². The minimum absolute atomic E-state index is 0.0623. The molecule has 0 atom stereocenters. The molecule has 2 aromatic rings. The molecule has 0 aliphatic carbocycles. The third-order valence-corrected chi connectivity index (χ3v) is 3.88. The molecule has 3 rings (SSSR count). The molecule has 1 heterocycles. The molecule has 0 aromatic heterocycles. The van der Waals surface area contributed by atoms with Gasteiger partial charge in [0.25, 0.3) is 5.91 Å². The number of carbonyl (C=O) groups excluding carboxylic acids is 1. The topological polar surface area (TPSA) is 78.1 Å². The quantitative estimate of drug-likeness (QED) is 0.737. The van der Waals surface area contributed by atoms with Gasteiger partial charge in [-0.2, -0.15) is 0 Å². The zero-order valence-electron chi connectivity index (χ0n) is 13.4. The van der Waals surface area contributed by atoms with Crippen molar-refractivity contribution in [2.75, 3.05) is 13.1 Å². The van der Waals surface area contributed by atoms with Gasteiger partial charge < -0.3 is 10.4 Å². The summed E-state index contributed by atoms with van der Waals surface area (Å²) in [6.45, 7) is 10.1. The van der Waals surface area contributed by atoms with Crippen molar-refractivity contribution in [3.8, 4) is 16.9 Å². The Labute approximate surface area is 143 Å². The Hall–Kier alpha value is -3.40. The number of hydrogen-bond donors (Lipinski definition) is 3. The minimum atomic E-state index is -0.660. The van der Waals surface area contributed by atoms with Crippen LogP contribution in [0.15, 0.2) is 35.3 Å². The number of aryl methyl sites for hydroxylation is 1. The highest BCUT2D eigenvalue weighted by atomic mass is 19.1. The van der Waals surface area contributed by atoms with E-state index in [0.717, 1.165) is 0 Å². The van der Waals surface area contributed by atoms with Gasteiger partial charge in [0.15, 0.2) is 11.6 Å².